The molecule has 0 radical (unpaired) electrons. The van der Waals surface area contributed by atoms with Gasteiger partial charge in [-0.2, -0.15) is 0 Å². The van der Waals surface area contributed by atoms with Crippen LogP contribution in [0.3, 0.4) is 0 Å². The molecule has 1 atom stereocenters. The van der Waals surface area contributed by atoms with Gasteiger partial charge in [-0.15, -0.1) is 0 Å². The van der Waals surface area contributed by atoms with Gasteiger partial charge in [-0.3, -0.25) is 9.78 Å². The Hall–Kier alpha value is -1.62. The first-order valence-corrected chi connectivity index (χ1v) is 5.67. The van der Waals surface area contributed by atoms with E-state index in [1.165, 1.54) is 0 Å². The smallest absolute Gasteiger partial charge is 0.270 e. The molecule has 1 aromatic heterocycles. The van der Waals surface area contributed by atoms with Crippen LogP contribution in [0.15, 0.2) is 18.3 Å². The van der Waals surface area contributed by atoms with Crippen LogP contribution in [0.4, 0.5) is 5.69 Å². The predicted molar refractivity (Wildman–Crippen MR) is 65.1 cm³/mol. The van der Waals surface area contributed by atoms with Crippen LogP contribution in [-0.4, -0.2) is 36.7 Å². The van der Waals surface area contributed by atoms with E-state index in [1.54, 1.807) is 12.3 Å². The first-order valence-electron chi connectivity index (χ1n) is 5.67. The summed E-state index contributed by atoms with van der Waals surface area (Å²) in [6, 6.07) is 3.55. The van der Waals surface area contributed by atoms with Crippen molar-refractivity contribution in [2.75, 3.05) is 25.6 Å². The summed E-state index contributed by atoms with van der Waals surface area (Å²) in [5.41, 5.74) is 1.02. The van der Waals surface area contributed by atoms with Crippen molar-refractivity contribution >= 4 is 11.6 Å². The highest BCUT2D eigenvalue weighted by Crippen LogP contribution is 2.18. The van der Waals surface area contributed by atoms with Gasteiger partial charge in [-0.25, -0.2) is 0 Å². The van der Waals surface area contributed by atoms with E-state index in [-0.39, 0.29) is 11.4 Å². The third kappa shape index (κ3) is 2.74. The molecule has 0 spiro atoms. The van der Waals surface area contributed by atoms with Crippen LogP contribution in [0, 0.1) is 0 Å². The van der Waals surface area contributed by atoms with E-state index < -0.39 is 0 Å². The van der Waals surface area contributed by atoms with E-state index in [0.29, 0.717) is 18.9 Å². The summed E-state index contributed by atoms with van der Waals surface area (Å²) in [5.74, 6) is -0.157. The van der Waals surface area contributed by atoms with Crippen LogP contribution in [-0.2, 0) is 4.74 Å². The van der Waals surface area contributed by atoms with Crippen molar-refractivity contribution in [2.45, 2.75) is 18.9 Å². The number of aromatic nitrogens is 1. The lowest BCUT2D eigenvalue weighted by molar-refractivity contribution is 0.0885. The van der Waals surface area contributed by atoms with Gasteiger partial charge in [-0.05, 0) is 25.5 Å². The second-order valence-electron chi connectivity index (χ2n) is 4.50. The van der Waals surface area contributed by atoms with Crippen molar-refractivity contribution in [3.05, 3.63) is 24.0 Å². The molecule has 1 fully saturated rings. The second-order valence-corrected chi connectivity index (χ2v) is 4.50. The zero-order valence-corrected chi connectivity index (χ0v) is 10.1. The van der Waals surface area contributed by atoms with Crippen LogP contribution >= 0.6 is 0 Å². The second kappa shape index (κ2) is 4.71. The summed E-state index contributed by atoms with van der Waals surface area (Å²) >= 11 is 0. The molecule has 5 nitrogen and oxygen atoms in total. The zero-order chi connectivity index (χ0) is 12.3. The summed E-state index contributed by atoms with van der Waals surface area (Å²) in [5, 5.41) is 5.95. The Morgan fingerprint density at radius 2 is 2.41 bits per heavy atom. The van der Waals surface area contributed by atoms with Gasteiger partial charge < -0.3 is 15.4 Å². The maximum Gasteiger partial charge on any atom is 0.270 e. The monoisotopic (exact) mass is 235 g/mol. The fourth-order valence-electron chi connectivity index (χ4n) is 1.81. The van der Waals surface area contributed by atoms with Gasteiger partial charge in [0.1, 0.15) is 5.69 Å². The molecule has 2 heterocycles. The molecular weight excluding hydrogens is 218 g/mol. The van der Waals surface area contributed by atoms with Crippen molar-refractivity contribution in [2.24, 2.45) is 0 Å². The molecule has 1 unspecified atom stereocenters. The number of hydrogen-bond acceptors (Lipinski definition) is 4. The Bertz CT molecular complexity index is 414. The zero-order valence-electron chi connectivity index (χ0n) is 10.1. The van der Waals surface area contributed by atoms with Crippen molar-refractivity contribution in [3.63, 3.8) is 0 Å². The lowest BCUT2D eigenvalue weighted by Crippen LogP contribution is -2.46. The van der Waals surface area contributed by atoms with Gasteiger partial charge in [0, 0.05) is 25.5 Å². The summed E-state index contributed by atoms with van der Waals surface area (Å²) in [4.78, 5) is 16.1. The van der Waals surface area contributed by atoms with Crippen LogP contribution in [0.5, 0.6) is 0 Å². The highest BCUT2D eigenvalue weighted by molar-refractivity contribution is 5.93. The van der Waals surface area contributed by atoms with Crippen LogP contribution in [0.25, 0.3) is 0 Å². The van der Waals surface area contributed by atoms with Gasteiger partial charge in [0.25, 0.3) is 5.91 Å². The minimum atomic E-state index is -0.269. The predicted octanol–water partition coefficient (Wildman–Crippen LogP) is 1.03. The van der Waals surface area contributed by atoms with E-state index in [2.05, 4.69) is 15.6 Å². The lowest BCUT2D eigenvalue weighted by atomic mass is 10.0. The molecular formula is C12H17N3O2. The standard InChI is InChI=1S/C12H17N3O2/c1-12(4-6-17-8-12)15-11(16)10-7-9(13-2)3-5-14-10/h3,5,7H,4,6,8H2,1-2H3,(H,13,14)(H,15,16). The fraction of sp³-hybridized carbons (Fsp3) is 0.500. The first kappa shape index (κ1) is 11.9. The van der Waals surface area contributed by atoms with Crippen molar-refractivity contribution in [1.29, 1.82) is 0 Å². The quantitative estimate of drug-likeness (QED) is 0.821. The molecule has 0 bridgehead atoms. The third-order valence-corrected chi connectivity index (χ3v) is 2.92. The Morgan fingerprint density at radius 3 is 3.06 bits per heavy atom. The van der Waals surface area contributed by atoms with Gasteiger partial charge >= 0.3 is 0 Å². The number of hydrogen-bond donors (Lipinski definition) is 2. The molecule has 2 N–H and O–H groups in total. The number of rotatable bonds is 3. The molecule has 2 rings (SSSR count). The molecule has 1 aliphatic heterocycles. The number of ether oxygens (including phenoxy) is 1. The van der Waals surface area contributed by atoms with E-state index in [1.807, 2.05) is 20.0 Å². The molecule has 1 aromatic rings. The number of nitrogens with zero attached hydrogens (tertiary/aromatic N) is 1. The molecule has 92 valence electrons. The van der Waals surface area contributed by atoms with Crippen molar-refractivity contribution < 1.29 is 9.53 Å². The summed E-state index contributed by atoms with van der Waals surface area (Å²) in [6.45, 7) is 3.24. The average Bonchev–Trinajstić information content (AvgIpc) is 2.76. The molecule has 1 amide bonds. The number of carbonyl (C=O) groups excluding carboxylic acids is 1. The van der Waals surface area contributed by atoms with Crippen molar-refractivity contribution in [3.8, 4) is 0 Å². The number of amides is 1. The summed E-state index contributed by atoms with van der Waals surface area (Å²) < 4.78 is 5.29. The topological polar surface area (TPSA) is 63.2 Å². The number of carbonyl (C=O) groups is 1. The van der Waals surface area contributed by atoms with Gasteiger partial charge in [0.15, 0.2) is 0 Å². The maximum absolute atomic E-state index is 12.0. The third-order valence-electron chi connectivity index (χ3n) is 2.92. The lowest BCUT2D eigenvalue weighted by Gasteiger charge is -2.23. The first-order chi connectivity index (χ1) is 8.13. The maximum atomic E-state index is 12.0. The van der Waals surface area contributed by atoms with E-state index in [4.69, 9.17) is 4.74 Å². The van der Waals surface area contributed by atoms with Gasteiger partial charge in [0.05, 0.1) is 12.1 Å². The molecule has 5 heteroatoms. The molecule has 1 aliphatic rings. The Kier molecular flexibility index (Phi) is 3.28. The highest BCUT2D eigenvalue weighted by Gasteiger charge is 2.31. The number of anilines is 1. The highest BCUT2D eigenvalue weighted by atomic mass is 16.5. The molecule has 1 saturated heterocycles. The van der Waals surface area contributed by atoms with Crippen LogP contribution < -0.4 is 10.6 Å². The van der Waals surface area contributed by atoms with E-state index >= 15 is 0 Å². The average molecular weight is 235 g/mol. The largest absolute Gasteiger partial charge is 0.388 e. The molecule has 17 heavy (non-hydrogen) atoms. The number of nitrogens with one attached hydrogen (secondary N) is 2. The van der Waals surface area contributed by atoms with E-state index in [9.17, 15) is 4.79 Å². The normalized spacial score (nSPS) is 23.4. The molecule has 0 saturated carbocycles. The number of pyridine rings is 1. The van der Waals surface area contributed by atoms with Gasteiger partial charge in [-0.1, -0.05) is 0 Å². The summed E-state index contributed by atoms with van der Waals surface area (Å²) in [7, 11) is 1.81. The van der Waals surface area contributed by atoms with Crippen molar-refractivity contribution in [1.82, 2.24) is 10.3 Å². The van der Waals surface area contributed by atoms with Crippen LogP contribution in [0.2, 0.25) is 0 Å². The summed E-state index contributed by atoms with van der Waals surface area (Å²) in [6.07, 6.45) is 2.46. The Labute approximate surface area is 101 Å². The Balaban J connectivity index is 2.08. The molecule has 0 aliphatic carbocycles. The SMILES string of the molecule is CNc1ccnc(C(=O)NC2(C)CCOC2)c1. The van der Waals surface area contributed by atoms with E-state index in [0.717, 1.165) is 12.1 Å². The minimum absolute atomic E-state index is 0.157. The fourth-order valence-corrected chi connectivity index (χ4v) is 1.81. The Morgan fingerprint density at radius 1 is 1.59 bits per heavy atom. The minimum Gasteiger partial charge on any atom is -0.388 e. The molecule has 0 aromatic carbocycles. The van der Waals surface area contributed by atoms with Gasteiger partial charge in [0.2, 0.25) is 0 Å². The van der Waals surface area contributed by atoms with Crippen LogP contribution in [0.1, 0.15) is 23.8 Å².